The van der Waals surface area contributed by atoms with Crippen molar-refractivity contribution in [1.29, 1.82) is 0 Å². The highest BCUT2D eigenvalue weighted by molar-refractivity contribution is 5.88. The van der Waals surface area contributed by atoms with E-state index >= 15 is 0 Å². The number of fused-ring (bicyclic) bond motifs is 1. The molecule has 3 heterocycles. The molecular weight excluding hydrogens is 340 g/mol. The Labute approximate surface area is 153 Å². The number of hydrogen-bond acceptors (Lipinski definition) is 7. The van der Waals surface area contributed by atoms with Gasteiger partial charge in [0, 0.05) is 5.57 Å². The molecule has 0 saturated carbocycles. The van der Waals surface area contributed by atoms with Gasteiger partial charge in [-0.25, -0.2) is 4.79 Å². The number of aliphatic hydroxyl groups is 1. The van der Waals surface area contributed by atoms with Crippen molar-refractivity contribution in [2.24, 2.45) is 5.41 Å². The summed E-state index contributed by atoms with van der Waals surface area (Å²) in [7, 11) is 0. The van der Waals surface area contributed by atoms with E-state index in [1.807, 2.05) is 13.8 Å². The van der Waals surface area contributed by atoms with Crippen LogP contribution in [0, 0.1) is 5.41 Å². The predicted molar refractivity (Wildman–Crippen MR) is 91.2 cm³/mol. The first-order valence-electron chi connectivity index (χ1n) is 8.94. The van der Waals surface area contributed by atoms with Crippen molar-refractivity contribution >= 4 is 11.9 Å². The second kappa shape index (κ2) is 5.78. The lowest BCUT2D eigenvalue weighted by molar-refractivity contribution is -0.199. The Morgan fingerprint density at radius 3 is 2.54 bits per heavy atom. The normalized spacial score (nSPS) is 36.8. The molecule has 7 nitrogen and oxygen atoms in total. The van der Waals surface area contributed by atoms with Crippen LogP contribution in [0.3, 0.4) is 0 Å². The number of esters is 2. The number of hydrogen-bond donors (Lipinski definition) is 1. The van der Waals surface area contributed by atoms with Crippen LogP contribution >= 0.6 is 0 Å². The van der Waals surface area contributed by atoms with Crippen LogP contribution in [-0.2, 0) is 28.5 Å². The third kappa shape index (κ3) is 2.60. The van der Waals surface area contributed by atoms with Gasteiger partial charge in [0.1, 0.15) is 17.6 Å². The minimum Gasteiger partial charge on any atom is -0.455 e. The van der Waals surface area contributed by atoms with Crippen LogP contribution < -0.4 is 0 Å². The lowest BCUT2D eigenvalue weighted by Gasteiger charge is -2.44. The Morgan fingerprint density at radius 2 is 2.00 bits per heavy atom. The molecule has 7 heteroatoms. The quantitative estimate of drug-likeness (QED) is 0.561. The summed E-state index contributed by atoms with van der Waals surface area (Å²) < 4.78 is 23.1. The van der Waals surface area contributed by atoms with Crippen molar-refractivity contribution in [3.05, 3.63) is 12.2 Å². The lowest BCUT2D eigenvalue weighted by atomic mass is 9.64. The summed E-state index contributed by atoms with van der Waals surface area (Å²) in [4.78, 5) is 24.7. The van der Waals surface area contributed by atoms with E-state index in [4.69, 9.17) is 18.9 Å². The molecule has 6 atom stereocenters. The summed E-state index contributed by atoms with van der Waals surface area (Å²) in [5, 5.41) is 10.2. The van der Waals surface area contributed by atoms with E-state index in [0.717, 1.165) is 0 Å². The van der Waals surface area contributed by atoms with Crippen LogP contribution in [0.1, 0.15) is 48.0 Å². The minimum atomic E-state index is -1.06. The Kier molecular flexibility index (Phi) is 4.29. The van der Waals surface area contributed by atoms with Crippen LogP contribution in [-0.4, -0.2) is 58.8 Å². The molecule has 3 rings (SSSR count). The van der Waals surface area contributed by atoms with Gasteiger partial charge in [-0.1, -0.05) is 6.58 Å². The Morgan fingerprint density at radius 1 is 1.38 bits per heavy atom. The largest absolute Gasteiger partial charge is 0.455 e. The number of ether oxygens (including phenoxy) is 4. The topological polar surface area (TPSA) is 91.3 Å². The predicted octanol–water partition coefficient (Wildman–Crippen LogP) is 1.51. The zero-order valence-corrected chi connectivity index (χ0v) is 16.2. The van der Waals surface area contributed by atoms with Gasteiger partial charge in [0.25, 0.3) is 0 Å². The van der Waals surface area contributed by atoms with Crippen LogP contribution in [0.25, 0.3) is 0 Å². The van der Waals surface area contributed by atoms with Crippen LogP contribution in [0.15, 0.2) is 12.2 Å². The molecule has 0 aromatic heterocycles. The highest BCUT2D eigenvalue weighted by Gasteiger charge is 2.78. The summed E-state index contributed by atoms with van der Waals surface area (Å²) in [5.41, 5.74) is -2.70. The zero-order valence-electron chi connectivity index (χ0n) is 16.2. The van der Waals surface area contributed by atoms with Crippen molar-refractivity contribution in [3.63, 3.8) is 0 Å². The van der Waals surface area contributed by atoms with Gasteiger partial charge in [-0.2, -0.15) is 0 Å². The molecule has 3 aliphatic heterocycles. The third-order valence-electron chi connectivity index (χ3n) is 6.06. The van der Waals surface area contributed by atoms with Crippen LogP contribution in [0.5, 0.6) is 0 Å². The van der Waals surface area contributed by atoms with Gasteiger partial charge in [-0.15, -0.1) is 0 Å². The van der Waals surface area contributed by atoms with Gasteiger partial charge in [-0.05, 0) is 48.0 Å². The molecule has 1 N–H and O–H groups in total. The van der Waals surface area contributed by atoms with Crippen LogP contribution in [0.2, 0.25) is 0 Å². The first-order valence-corrected chi connectivity index (χ1v) is 8.94. The summed E-state index contributed by atoms with van der Waals surface area (Å²) in [6, 6.07) is 0. The average Bonchev–Trinajstić information content (AvgIpc) is 3.08. The van der Waals surface area contributed by atoms with E-state index in [9.17, 15) is 14.7 Å². The number of carbonyl (C=O) groups is 2. The van der Waals surface area contributed by atoms with Gasteiger partial charge in [0.2, 0.25) is 0 Å². The molecule has 3 fully saturated rings. The highest BCUT2D eigenvalue weighted by Crippen LogP contribution is 2.61. The van der Waals surface area contributed by atoms with Gasteiger partial charge in [0.15, 0.2) is 12.2 Å². The second-order valence-electron chi connectivity index (χ2n) is 8.71. The molecule has 0 amide bonds. The Bertz CT molecular complexity index is 647. The molecule has 6 unspecified atom stereocenters. The van der Waals surface area contributed by atoms with Gasteiger partial charge >= 0.3 is 11.9 Å². The molecular formula is C19H28O7. The molecule has 0 aliphatic carbocycles. The standard InChI is InChI=1S/C19H28O7/c1-9(2)15(20)24-12-11-8-19(14(23-11)13(12)25-16(19)21)18(6,7)26-10(3)17(4,5)22/h10-14,22H,1,8H2,2-7H3. The summed E-state index contributed by atoms with van der Waals surface area (Å²) in [6.45, 7) is 13.9. The van der Waals surface area contributed by atoms with Crippen molar-refractivity contribution in [3.8, 4) is 0 Å². The van der Waals surface area contributed by atoms with Crippen molar-refractivity contribution < 1.29 is 33.6 Å². The van der Waals surface area contributed by atoms with Crippen molar-refractivity contribution in [2.75, 3.05) is 0 Å². The molecule has 0 radical (unpaired) electrons. The number of carbonyl (C=O) groups excluding carboxylic acids is 2. The molecule has 0 spiro atoms. The van der Waals surface area contributed by atoms with Crippen molar-refractivity contribution in [2.45, 2.75) is 89.7 Å². The van der Waals surface area contributed by atoms with E-state index in [1.165, 1.54) is 0 Å². The fourth-order valence-electron chi connectivity index (χ4n) is 4.17. The molecule has 0 aromatic carbocycles. The van der Waals surface area contributed by atoms with E-state index < -0.39 is 59.1 Å². The summed E-state index contributed by atoms with van der Waals surface area (Å²) >= 11 is 0. The maximum atomic E-state index is 12.9. The maximum Gasteiger partial charge on any atom is 0.333 e. The maximum absolute atomic E-state index is 12.9. The van der Waals surface area contributed by atoms with E-state index in [0.29, 0.717) is 6.42 Å². The molecule has 3 aliphatic rings. The van der Waals surface area contributed by atoms with Gasteiger partial charge in [0.05, 0.1) is 17.3 Å². The Balaban J connectivity index is 1.84. The number of rotatable bonds is 6. The zero-order chi connectivity index (χ0) is 19.7. The minimum absolute atomic E-state index is 0.283. The molecule has 26 heavy (non-hydrogen) atoms. The molecule has 3 saturated heterocycles. The Hall–Kier alpha value is -1.44. The second-order valence-corrected chi connectivity index (χ2v) is 8.71. The van der Waals surface area contributed by atoms with Crippen LogP contribution in [0.4, 0.5) is 0 Å². The van der Waals surface area contributed by atoms with E-state index in [1.54, 1.807) is 27.7 Å². The summed E-state index contributed by atoms with van der Waals surface area (Å²) in [5.74, 6) is -0.928. The SMILES string of the molecule is C=C(C)C(=O)OC1C2CC3(C(C)(C)OC(C)C(C)(C)O)C(=O)OC1C3O2. The van der Waals surface area contributed by atoms with Gasteiger partial charge < -0.3 is 24.1 Å². The first kappa shape index (κ1) is 19.3. The van der Waals surface area contributed by atoms with Crippen molar-refractivity contribution in [1.82, 2.24) is 0 Å². The molecule has 146 valence electrons. The lowest BCUT2D eigenvalue weighted by Crippen LogP contribution is -2.58. The van der Waals surface area contributed by atoms with Gasteiger partial charge in [-0.3, -0.25) is 4.79 Å². The average molecular weight is 368 g/mol. The fourth-order valence-corrected chi connectivity index (χ4v) is 4.17. The molecule has 2 bridgehead atoms. The molecule has 0 aromatic rings. The highest BCUT2D eigenvalue weighted by atomic mass is 16.7. The first-order chi connectivity index (χ1) is 11.8. The van der Waals surface area contributed by atoms with E-state index in [2.05, 4.69) is 6.58 Å². The summed E-state index contributed by atoms with van der Waals surface area (Å²) in [6.07, 6.45) is -2.43. The van der Waals surface area contributed by atoms with E-state index in [-0.39, 0.29) is 5.57 Å². The smallest absolute Gasteiger partial charge is 0.333 e. The fraction of sp³-hybridized carbons (Fsp3) is 0.789. The monoisotopic (exact) mass is 368 g/mol. The third-order valence-corrected chi connectivity index (χ3v) is 6.06.